The SMILES string of the molecule is CC(C)(C)CC(=O)NC(C)(C)CCC(C)(C)NC(=O)C(C)(C)C. The molecule has 4 heteroatoms. The lowest BCUT2D eigenvalue weighted by Gasteiger charge is -2.35. The molecule has 0 aromatic carbocycles. The topological polar surface area (TPSA) is 58.2 Å². The molecule has 0 saturated heterocycles. The van der Waals surface area contributed by atoms with Gasteiger partial charge in [0.15, 0.2) is 0 Å². The quantitative estimate of drug-likeness (QED) is 0.774. The molecule has 4 nitrogen and oxygen atoms in total. The third-order valence-electron chi connectivity index (χ3n) is 3.68. The van der Waals surface area contributed by atoms with Crippen LogP contribution < -0.4 is 10.6 Å². The normalized spacial score (nSPS) is 13.7. The van der Waals surface area contributed by atoms with Crippen LogP contribution in [0.5, 0.6) is 0 Å². The van der Waals surface area contributed by atoms with Crippen molar-refractivity contribution < 1.29 is 9.59 Å². The van der Waals surface area contributed by atoms with Crippen LogP contribution in [0.4, 0.5) is 0 Å². The highest BCUT2D eigenvalue weighted by Crippen LogP contribution is 2.23. The third-order valence-corrected chi connectivity index (χ3v) is 3.68. The smallest absolute Gasteiger partial charge is 0.225 e. The Morgan fingerprint density at radius 2 is 1.09 bits per heavy atom. The Bertz CT molecular complexity index is 424. The molecule has 2 amide bonds. The molecule has 0 rings (SSSR count). The molecule has 0 heterocycles. The maximum absolute atomic E-state index is 12.2. The number of amides is 2. The van der Waals surface area contributed by atoms with E-state index in [9.17, 15) is 9.59 Å². The maximum atomic E-state index is 12.2. The summed E-state index contributed by atoms with van der Waals surface area (Å²) in [7, 11) is 0. The molecule has 0 aromatic heterocycles. The molecule has 0 fully saturated rings. The van der Waals surface area contributed by atoms with Gasteiger partial charge in [-0.25, -0.2) is 0 Å². The van der Waals surface area contributed by atoms with Gasteiger partial charge in [0.25, 0.3) is 0 Å². The zero-order valence-electron chi connectivity index (χ0n) is 16.9. The fraction of sp³-hybridized carbons (Fsp3) is 0.895. The summed E-state index contributed by atoms with van der Waals surface area (Å²) < 4.78 is 0. The van der Waals surface area contributed by atoms with Crippen LogP contribution in [0.1, 0.15) is 88.5 Å². The Morgan fingerprint density at radius 1 is 0.696 bits per heavy atom. The average Bonchev–Trinajstić information content (AvgIpc) is 2.21. The van der Waals surface area contributed by atoms with Crippen molar-refractivity contribution in [2.45, 2.75) is 99.6 Å². The van der Waals surface area contributed by atoms with Crippen LogP contribution in [0.3, 0.4) is 0 Å². The standard InChI is InChI=1S/C19H38N2O2/c1-16(2,3)13-14(22)20-18(7,8)11-12-19(9,10)21-15(23)17(4,5)6/h11-13H2,1-10H3,(H,20,22)(H,21,23). The number of carbonyl (C=O) groups excluding carboxylic acids is 2. The molecule has 0 aliphatic carbocycles. The van der Waals surface area contributed by atoms with Crippen molar-refractivity contribution in [3.05, 3.63) is 0 Å². The highest BCUT2D eigenvalue weighted by molar-refractivity contribution is 5.82. The van der Waals surface area contributed by atoms with E-state index in [1.807, 2.05) is 48.5 Å². The van der Waals surface area contributed by atoms with E-state index in [1.165, 1.54) is 0 Å². The Labute approximate surface area is 143 Å². The second kappa shape index (κ2) is 7.23. The lowest BCUT2D eigenvalue weighted by atomic mass is 9.86. The predicted octanol–water partition coefficient (Wildman–Crippen LogP) is 4.04. The van der Waals surface area contributed by atoms with Gasteiger partial charge in [-0.3, -0.25) is 9.59 Å². The van der Waals surface area contributed by atoms with E-state index in [0.29, 0.717) is 6.42 Å². The molecule has 2 N–H and O–H groups in total. The predicted molar refractivity (Wildman–Crippen MR) is 97.2 cm³/mol. The Hall–Kier alpha value is -1.06. The van der Waals surface area contributed by atoms with E-state index in [2.05, 4.69) is 31.4 Å². The van der Waals surface area contributed by atoms with Crippen LogP contribution in [0.2, 0.25) is 0 Å². The lowest BCUT2D eigenvalue weighted by molar-refractivity contribution is -0.130. The number of nitrogens with one attached hydrogen (secondary N) is 2. The van der Waals surface area contributed by atoms with Crippen molar-refractivity contribution in [1.82, 2.24) is 10.6 Å². The summed E-state index contributed by atoms with van der Waals surface area (Å²) in [5.41, 5.74) is -0.990. The second-order valence-corrected chi connectivity index (χ2v) is 10.3. The summed E-state index contributed by atoms with van der Waals surface area (Å²) in [5, 5.41) is 6.23. The lowest BCUT2D eigenvalue weighted by Crippen LogP contribution is -2.50. The summed E-state index contributed by atoms with van der Waals surface area (Å²) in [5.74, 6) is 0.135. The Morgan fingerprint density at radius 3 is 1.43 bits per heavy atom. The van der Waals surface area contributed by atoms with Gasteiger partial charge in [-0.05, 0) is 46.0 Å². The van der Waals surface area contributed by atoms with Gasteiger partial charge in [-0.1, -0.05) is 41.5 Å². The molecule has 0 bridgehead atoms. The van der Waals surface area contributed by atoms with Crippen LogP contribution in [-0.4, -0.2) is 22.9 Å². The molecule has 0 saturated carbocycles. The van der Waals surface area contributed by atoms with Crippen LogP contribution in [-0.2, 0) is 9.59 Å². The van der Waals surface area contributed by atoms with Gasteiger partial charge in [0.1, 0.15) is 0 Å². The molecular weight excluding hydrogens is 288 g/mol. The molecule has 0 radical (unpaired) electrons. The zero-order valence-corrected chi connectivity index (χ0v) is 16.9. The van der Waals surface area contributed by atoms with Gasteiger partial charge in [0, 0.05) is 22.9 Å². The van der Waals surface area contributed by atoms with Crippen molar-refractivity contribution in [2.24, 2.45) is 10.8 Å². The van der Waals surface area contributed by atoms with Crippen LogP contribution in [0, 0.1) is 10.8 Å². The zero-order chi connectivity index (χ0) is 18.7. The molecule has 23 heavy (non-hydrogen) atoms. The summed E-state index contributed by atoms with van der Waals surface area (Å²) in [6, 6.07) is 0. The average molecular weight is 327 g/mol. The molecule has 0 aliphatic heterocycles. The van der Waals surface area contributed by atoms with Gasteiger partial charge in [-0.2, -0.15) is 0 Å². The Balaban J connectivity index is 4.57. The molecular formula is C19H38N2O2. The van der Waals surface area contributed by atoms with E-state index >= 15 is 0 Å². The molecule has 0 spiro atoms. The summed E-state index contributed by atoms with van der Waals surface area (Å²) in [6.45, 7) is 20.1. The van der Waals surface area contributed by atoms with E-state index in [-0.39, 0.29) is 28.3 Å². The van der Waals surface area contributed by atoms with E-state index in [4.69, 9.17) is 0 Å². The van der Waals surface area contributed by atoms with Crippen molar-refractivity contribution in [2.75, 3.05) is 0 Å². The minimum absolute atomic E-state index is 0.0138. The van der Waals surface area contributed by atoms with Gasteiger partial charge in [0.05, 0.1) is 0 Å². The van der Waals surface area contributed by atoms with Crippen molar-refractivity contribution >= 4 is 11.8 Å². The van der Waals surface area contributed by atoms with Gasteiger partial charge < -0.3 is 10.6 Å². The number of hydrogen-bond donors (Lipinski definition) is 2. The van der Waals surface area contributed by atoms with Gasteiger partial charge >= 0.3 is 0 Å². The first-order valence-corrected chi connectivity index (χ1v) is 8.57. The maximum Gasteiger partial charge on any atom is 0.225 e. The molecule has 0 aliphatic rings. The summed E-state index contributed by atoms with van der Waals surface area (Å²) in [6.07, 6.45) is 2.12. The molecule has 136 valence electrons. The van der Waals surface area contributed by atoms with Crippen molar-refractivity contribution in [3.63, 3.8) is 0 Å². The number of hydrogen-bond acceptors (Lipinski definition) is 2. The van der Waals surface area contributed by atoms with E-state index in [0.717, 1.165) is 12.8 Å². The second-order valence-electron chi connectivity index (χ2n) is 10.3. The summed E-state index contributed by atoms with van der Waals surface area (Å²) in [4.78, 5) is 24.3. The first-order valence-electron chi connectivity index (χ1n) is 8.57. The first kappa shape index (κ1) is 21.9. The monoisotopic (exact) mass is 326 g/mol. The minimum atomic E-state index is -0.395. The largest absolute Gasteiger partial charge is 0.351 e. The number of carbonyl (C=O) groups is 2. The minimum Gasteiger partial charge on any atom is -0.351 e. The van der Waals surface area contributed by atoms with E-state index < -0.39 is 5.41 Å². The number of rotatable bonds is 6. The van der Waals surface area contributed by atoms with Crippen LogP contribution in [0.15, 0.2) is 0 Å². The van der Waals surface area contributed by atoms with Crippen LogP contribution >= 0.6 is 0 Å². The first-order chi connectivity index (χ1) is 9.94. The highest BCUT2D eigenvalue weighted by Gasteiger charge is 2.30. The summed E-state index contributed by atoms with van der Waals surface area (Å²) >= 11 is 0. The molecule has 0 atom stereocenters. The van der Waals surface area contributed by atoms with Gasteiger partial charge in [0.2, 0.25) is 11.8 Å². The fourth-order valence-electron chi connectivity index (χ4n) is 2.15. The van der Waals surface area contributed by atoms with Crippen LogP contribution in [0.25, 0.3) is 0 Å². The Kier molecular flexibility index (Phi) is 6.89. The van der Waals surface area contributed by atoms with Gasteiger partial charge in [-0.15, -0.1) is 0 Å². The molecule has 0 aromatic rings. The highest BCUT2D eigenvalue weighted by atomic mass is 16.2. The van der Waals surface area contributed by atoms with Crippen molar-refractivity contribution in [3.8, 4) is 0 Å². The third kappa shape index (κ3) is 10.4. The van der Waals surface area contributed by atoms with E-state index in [1.54, 1.807) is 0 Å². The molecule has 0 unspecified atom stereocenters. The van der Waals surface area contributed by atoms with Crippen molar-refractivity contribution in [1.29, 1.82) is 0 Å². The fourth-order valence-corrected chi connectivity index (χ4v) is 2.15.